The molecular formula is C15H19ClN2O2. The maximum Gasteiger partial charge on any atom is 0.229 e. The first-order valence-electron chi connectivity index (χ1n) is 6.82. The number of carbonyl (C=O) groups is 2. The van der Waals surface area contributed by atoms with E-state index >= 15 is 0 Å². The maximum absolute atomic E-state index is 12.5. The molecular weight excluding hydrogens is 276 g/mol. The van der Waals surface area contributed by atoms with Gasteiger partial charge in [0.2, 0.25) is 11.8 Å². The molecule has 1 aliphatic rings. The first-order valence-corrected chi connectivity index (χ1v) is 7.20. The molecule has 0 bridgehead atoms. The summed E-state index contributed by atoms with van der Waals surface area (Å²) in [5.41, 5.74) is 6.22. The van der Waals surface area contributed by atoms with Crippen LogP contribution in [0, 0.1) is 5.92 Å². The number of nitrogens with zero attached hydrogens (tertiary/aromatic N) is 1. The highest BCUT2D eigenvalue weighted by molar-refractivity contribution is 6.30. The number of likely N-dealkylation sites (tertiary alicyclic amines) is 1. The molecule has 1 saturated heterocycles. The minimum absolute atomic E-state index is 0.0789. The summed E-state index contributed by atoms with van der Waals surface area (Å²) < 4.78 is 0. The van der Waals surface area contributed by atoms with Gasteiger partial charge < -0.3 is 10.6 Å². The molecule has 0 radical (unpaired) electrons. The normalized spacial score (nSPS) is 17.8. The Labute approximate surface area is 123 Å². The van der Waals surface area contributed by atoms with E-state index in [1.165, 1.54) is 0 Å². The van der Waals surface area contributed by atoms with Gasteiger partial charge in [0.15, 0.2) is 0 Å². The number of nitrogens with two attached hydrogens (primary N) is 1. The van der Waals surface area contributed by atoms with E-state index in [1.54, 1.807) is 6.07 Å². The number of amides is 2. The van der Waals surface area contributed by atoms with E-state index in [1.807, 2.05) is 30.0 Å². The molecule has 5 heteroatoms. The second-order valence-corrected chi connectivity index (χ2v) is 5.72. The SMILES string of the molecule is CC(C(=O)N1CCC(C(N)=O)CC1)c1cccc(Cl)c1. The lowest BCUT2D eigenvalue weighted by atomic mass is 9.94. The molecule has 1 fully saturated rings. The second kappa shape index (κ2) is 6.27. The molecule has 0 spiro atoms. The lowest BCUT2D eigenvalue weighted by Crippen LogP contribution is -2.43. The predicted octanol–water partition coefficient (Wildman–Crippen LogP) is 2.17. The summed E-state index contributed by atoms with van der Waals surface area (Å²) in [4.78, 5) is 25.4. The van der Waals surface area contributed by atoms with Crippen LogP contribution in [0.3, 0.4) is 0 Å². The monoisotopic (exact) mass is 294 g/mol. The lowest BCUT2D eigenvalue weighted by Gasteiger charge is -2.32. The van der Waals surface area contributed by atoms with Crippen molar-refractivity contribution in [3.63, 3.8) is 0 Å². The van der Waals surface area contributed by atoms with Crippen molar-refractivity contribution in [1.29, 1.82) is 0 Å². The molecule has 1 heterocycles. The minimum Gasteiger partial charge on any atom is -0.369 e. The fourth-order valence-electron chi connectivity index (χ4n) is 2.58. The van der Waals surface area contributed by atoms with Gasteiger partial charge in [-0.2, -0.15) is 0 Å². The second-order valence-electron chi connectivity index (χ2n) is 5.28. The minimum atomic E-state index is -0.264. The van der Waals surface area contributed by atoms with Crippen molar-refractivity contribution >= 4 is 23.4 Å². The Hall–Kier alpha value is -1.55. The lowest BCUT2D eigenvalue weighted by molar-refractivity contribution is -0.135. The Morgan fingerprint density at radius 3 is 2.55 bits per heavy atom. The van der Waals surface area contributed by atoms with Crippen molar-refractivity contribution in [2.24, 2.45) is 11.7 Å². The van der Waals surface area contributed by atoms with Gasteiger partial charge in [-0.05, 0) is 37.5 Å². The van der Waals surface area contributed by atoms with Crippen molar-refractivity contribution in [3.8, 4) is 0 Å². The van der Waals surface area contributed by atoms with E-state index in [9.17, 15) is 9.59 Å². The van der Waals surface area contributed by atoms with Gasteiger partial charge >= 0.3 is 0 Å². The van der Waals surface area contributed by atoms with Gasteiger partial charge in [0.05, 0.1) is 5.92 Å². The van der Waals surface area contributed by atoms with Crippen LogP contribution in [0.1, 0.15) is 31.2 Å². The molecule has 4 nitrogen and oxygen atoms in total. The van der Waals surface area contributed by atoms with Crippen molar-refractivity contribution in [2.75, 3.05) is 13.1 Å². The smallest absolute Gasteiger partial charge is 0.229 e. The highest BCUT2D eigenvalue weighted by Crippen LogP contribution is 2.24. The van der Waals surface area contributed by atoms with E-state index in [2.05, 4.69) is 0 Å². The zero-order chi connectivity index (χ0) is 14.7. The van der Waals surface area contributed by atoms with Gasteiger partial charge in [-0.3, -0.25) is 9.59 Å². The number of rotatable bonds is 3. The van der Waals surface area contributed by atoms with E-state index in [4.69, 9.17) is 17.3 Å². The predicted molar refractivity (Wildman–Crippen MR) is 78.4 cm³/mol. The van der Waals surface area contributed by atoms with Gasteiger partial charge in [0.25, 0.3) is 0 Å². The molecule has 1 unspecified atom stereocenters. The third-order valence-electron chi connectivity index (χ3n) is 3.93. The van der Waals surface area contributed by atoms with E-state index in [-0.39, 0.29) is 23.7 Å². The quantitative estimate of drug-likeness (QED) is 0.928. The fraction of sp³-hybridized carbons (Fsp3) is 0.467. The highest BCUT2D eigenvalue weighted by atomic mass is 35.5. The Kier molecular flexibility index (Phi) is 4.65. The number of benzene rings is 1. The van der Waals surface area contributed by atoms with Crippen molar-refractivity contribution in [1.82, 2.24) is 4.90 Å². The zero-order valence-electron chi connectivity index (χ0n) is 11.5. The standard InChI is InChI=1S/C15H19ClN2O2/c1-10(12-3-2-4-13(16)9-12)15(20)18-7-5-11(6-8-18)14(17)19/h2-4,9-11H,5-8H2,1H3,(H2,17,19). The molecule has 2 N–H and O–H groups in total. The molecule has 0 aliphatic carbocycles. The third-order valence-corrected chi connectivity index (χ3v) is 4.16. The van der Waals surface area contributed by atoms with E-state index < -0.39 is 0 Å². The molecule has 1 aromatic rings. The Balaban J connectivity index is 2.00. The van der Waals surface area contributed by atoms with Crippen LogP contribution in [0.15, 0.2) is 24.3 Å². The van der Waals surface area contributed by atoms with Crippen molar-refractivity contribution < 1.29 is 9.59 Å². The van der Waals surface area contributed by atoms with Crippen LogP contribution in [-0.4, -0.2) is 29.8 Å². The van der Waals surface area contributed by atoms with E-state index in [0.29, 0.717) is 31.0 Å². The Morgan fingerprint density at radius 1 is 1.35 bits per heavy atom. The molecule has 0 aromatic heterocycles. The van der Waals surface area contributed by atoms with Crippen molar-refractivity contribution in [2.45, 2.75) is 25.7 Å². The van der Waals surface area contributed by atoms with Crippen LogP contribution in [0.5, 0.6) is 0 Å². The van der Waals surface area contributed by atoms with Crippen LogP contribution >= 0.6 is 11.6 Å². The number of primary amides is 1. The van der Waals surface area contributed by atoms with E-state index in [0.717, 1.165) is 5.56 Å². The van der Waals surface area contributed by atoms with Gasteiger partial charge in [-0.25, -0.2) is 0 Å². The van der Waals surface area contributed by atoms with Gasteiger partial charge in [0, 0.05) is 24.0 Å². The number of hydrogen-bond acceptors (Lipinski definition) is 2. The number of hydrogen-bond donors (Lipinski definition) is 1. The summed E-state index contributed by atoms with van der Waals surface area (Å²) >= 11 is 5.96. The zero-order valence-corrected chi connectivity index (χ0v) is 12.3. The summed E-state index contributed by atoms with van der Waals surface area (Å²) in [5.74, 6) is -0.505. The topological polar surface area (TPSA) is 63.4 Å². The third kappa shape index (κ3) is 3.31. The number of carbonyl (C=O) groups excluding carboxylic acids is 2. The molecule has 1 aliphatic heterocycles. The van der Waals surface area contributed by atoms with Gasteiger partial charge in [-0.1, -0.05) is 23.7 Å². The summed E-state index contributed by atoms with van der Waals surface area (Å²) in [6.45, 7) is 3.07. The van der Waals surface area contributed by atoms with Crippen molar-refractivity contribution in [3.05, 3.63) is 34.9 Å². The molecule has 2 rings (SSSR count). The number of piperidine rings is 1. The molecule has 108 valence electrons. The molecule has 1 atom stereocenters. The fourth-order valence-corrected chi connectivity index (χ4v) is 2.78. The molecule has 20 heavy (non-hydrogen) atoms. The summed E-state index contributed by atoms with van der Waals surface area (Å²) in [7, 11) is 0. The first kappa shape index (κ1) is 14.9. The summed E-state index contributed by atoms with van der Waals surface area (Å²) in [6.07, 6.45) is 1.31. The van der Waals surface area contributed by atoms with Crippen LogP contribution < -0.4 is 5.73 Å². The molecule has 1 aromatic carbocycles. The Bertz CT molecular complexity index is 510. The largest absolute Gasteiger partial charge is 0.369 e. The average Bonchev–Trinajstić information content (AvgIpc) is 2.46. The van der Waals surface area contributed by atoms with Crippen LogP contribution in [0.25, 0.3) is 0 Å². The maximum atomic E-state index is 12.5. The summed E-state index contributed by atoms with van der Waals surface area (Å²) in [6, 6.07) is 7.37. The van der Waals surface area contributed by atoms with Crippen LogP contribution in [-0.2, 0) is 9.59 Å². The van der Waals surface area contributed by atoms with Gasteiger partial charge in [-0.15, -0.1) is 0 Å². The molecule has 0 saturated carbocycles. The van der Waals surface area contributed by atoms with Gasteiger partial charge in [0.1, 0.15) is 0 Å². The summed E-state index contributed by atoms with van der Waals surface area (Å²) in [5, 5.41) is 0.634. The Morgan fingerprint density at radius 2 is 2.00 bits per heavy atom. The molecule has 2 amide bonds. The van der Waals surface area contributed by atoms with Crippen LogP contribution in [0.4, 0.5) is 0 Å². The average molecular weight is 295 g/mol. The number of halogens is 1. The van der Waals surface area contributed by atoms with Crippen LogP contribution in [0.2, 0.25) is 5.02 Å². The first-order chi connectivity index (χ1) is 9.49. The highest BCUT2D eigenvalue weighted by Gasteiger charge is 2.28.